The maximum atomic E-state index is 13.6. The van der Waals surface area contributed by atoms with Gasteiger partial charge in [0.05, 0.1) is 13.2 Å². The molecule has 2 fully saturated rings. The van der Waals surface area contributed by atoms with Crippen LogP contribution in [0.4, 0.5) is 0 Å². The van der Waals surface area contributed by atoms with Crippen LogP contribution in [0.1, 0.15) is 37.7 Å². The summed E-state index contributed by atoms with van der Waals surface area (Å²) in [4.78, 5) is 18.0. The smallest absolute Gasteiger partial charge is 0.243 e. The predicted molar refractivity (Wildman–Crippen MR) is 101 cm³/mol. The number of para-hydroxylation sites is 1. The molecule has 0 unspecified atom stereocenters. The minimum Gasteiger partial charge on any atom is -0.507 e. The maximum Gasteiger partial charge on any atom is 0.243 e. The van der Waals surface area contributed by atoms with E-state index in [0.29, 0.717) is 6.54 Å². The van der Waals surface area contributed by atoms with Crippen LogP contribution in [-0.2, 0) is 9.53 Å². The number of hydrogen-bond acceptors (Lipinski definition) is 4. The van der Waals surface area contributed by atoms with E-state index in [2.05, 4.69) is 11.0 Å². The summed E-state index contributed by atoms with van der Waals surface area (Å²) in [6.07, 6.45) is 7.16. The second kappa shape index (κ2) is 7.41. The second-order valence-corrected chi connectivity index (χ2v) is 7.60. The predicted octanol–water partition coefficient (Wildman–Crippen LogP) is 2.65. The van der Waals surface area contributed by atoms with E-state index in [1.807, 2.05) is 23.1 Å². The molecule has 0 aromatic heterocycles. The Morgan fingerprint density at radius 1 is 1.08 bits per heavy atom. The highest BCUT2D eigenvalue weighted by molar-refractivity contribution is 5.89. The number of amides is 1. The van der Waals surface area contributed by atoms with Crippen LogP contribution in [0.15, 0.2) is 30.3 Å². The number of hydrogen-bond donors (Lipinski definition) is 1. The number of carbonyl (C=O) groups excluding carboxylic acids is 1. The van der Waals surface area contributed by atoms with Gasteiger partial charge in [0.2, 0.25) is 5.91 Å². The van der Waals surface area contributed by atoms with Crippen molar-refractivity contribution in [3.05, 3.63) is 35.9 Å². The fourth-order valence-electron chi connectivity index (χ4n) is 4.77. The number of phenols is 1. The highest BCUT2D eigenvalue weighted by atomic mass is 16.5. The van der Waals surface area contributed by atoms with E-state index in [-0.39, 0.29) is 17.2 Å². The lowest BCUT2D eigenvalue weighted by atomic mass is 9.90. The van der Waals surface area contributed by atoms with Crippen LogP contribution in [0, 0.1) is 0 Å². The molecule has 5 nitrogen and oxygen atoms in total. The molecule has 1 aromatic rings. The molecule has 0 radical (unpaired) electrons. The molecular formula is C21H28N2O3. The minimum absolute atomic E-state index is 0.276. The molecule has 1 saturated heterocycles. The number of benzene rings is 1. The number of carbonyl (C=O) groups is 1. The number of nitrogens with zero attached hydrogens (tertiary/aromatic N) is 2. The molecule has 140 valence electrons. The molecule has 1 aromatic carbocycles. The maximum absolute atomic E-state index is 13.6. The van der Waals surface area contributed by atoms with Gasteiger partial charge in [-0.25, -0.2) is 0 Å². The molecule has 3 aliphatic rings. The highest BCUT2D eigenvalue weighted by Gasteiger charge is 2.48. The topological polar surface area (TPSA) is 53.0 Å². The Kier molecular flexibility index (Phi) is 5.00. The molecule has 4 rings (SSSR count). The molecule has 5 heteroatoms. The zero-order valence-electron chi connectivity index (χ0n) is 15.3. The van der Waals surface area contributed by atoms with Crippen LogP contribution in [0.2, 0.25) is 0 Å². The van der Waals surface area contributed by atoms with Gasteiger partial charge >= 0.3 is 0 Å². The Labute approximate surface area is 155 Å². The molecule has 1 saturated carbocycles. The molecule has 1 N–H and O–H groups in total. The third-order valence-corrected chi connectivity index (χ3v) is 6.13. The second-order valence-electron chi connectivity index (χ2n) is 7.60. The van der Waals surface area contributed by atoms with Crippen LogP contribution < -0.4 is 0 Å². The number of rotatable bonds is 3. The van der Waals surface area contributed by atoms with Gasteiger partial charge in [0, 0.05) is 31.7 Å². The lowest BCUT2D eigenvalue weighted by Crippen LogP contribution is -2.61. The third kappa shape index (κ3) is 3.14. The van der Waals surface area contributed by atoms with Crippen molar-refractivity contribution >= 4 is 11.5 Å². The monoisotopic (exact) mass is 356 g/mol. The first-order valence-corrected chi connectivity index (χ1v) is 9.80. The first-order chi connectivity index (χ1) is 12.7. The van der Waals surface area contributed by atoms with Crippen LogP contribution in [-0.4, -0.2) is 65.7 Å². The molecule has 1 amide bonds. The molecule has 0 spiro atoms. The van der Waals surface area contributed by atoms with Crippen molar-refractivity contribution in [1.29, 1.82) is 0 Å². The number of aromatic hydroxyl groups is 1. The fourth-order valence-corrected chi connectivity index (χ4v) is 4.77. The molecule has 0 bridgehead atoms. The van der Waals surface area contributed by atoms with Crippen LogP contribution in [0.5, 0.6) is 5.75 Å². The third-order valence-electron chi connectivity index (χ3n) is 6.13. The number of morpholine rings is 1. The van der Waals surface area contributed by atoms with E-state index < -0.39 is 0 Å². The van der Waals surface area contributed by atoms with E-state index in [4.69, 9.17) is 4.74 Å². The molecular weight excluding hydrogens is 328 g/mol. The van der Waals surface area contributed by atoms with Gasteiger partial charge in [-0.1, -0.05) is 37.1 Å². The summed E-state index contributed by atoms with van der Waals surface area (Å²) >= 11 is 0. The largest absolute Gasteiger partial charge is 0.507 e. The van der Waals surface area contributed by atoms with Gasteiger partial charge in [0.1, 0.15) is 11.3 Å². The molecule has 26 heavy (non-hydrogen) atoms. The Morgan fingerprint density at radius 2 is 1.81 bits per heavy atom. The van der Waals surface area contributed by atoms with E-state index >= 15 is 0 Å². The van der Waals surface area contributed by atoms with Gasteiger partial charge in [0.15, 0.2) is 0 Å². The number of ether oxygens (including phenoxy) is 1. The summed E-state index contributed by atoms with van der Waals surface area (Å²) in [6.45, 7) is 4.49. The SMILES string of the molecule is O=C(N1CCC=C(c2ccccc2O)C1)C1(N2CCOCC2)CCCC1. The summed E-state index contributed by atoms with van der Waals surface area (Å²) in [6, 6.07) is 7.41. The molecule has 2 aliphatic heterocycles. The van der Waals surface area contributed by atoms with E-state index in [9.17, 15) is 9.90 Å². The molecule has 1 aliphatic carbocycles. The standard InChI is InChI=1S/C21H28N2O3/c24-19-8-2-1-7-18(19)17-6-5-11-22(16-17)20(25)21(9-3-4-10-21)23-12-14-26-15-13-23/h1-2,6-8,24H,3-5,9-16H2. The van der Waals surface area contributed by atoms with Crippen molar-refractivity contribution in [2.24, 2.45) is 0 Å². The van der Waals surface area contributed by atoms with Gasteiger partial charge in [-0.05, 0) is 30.9 Å². The van der Waals surface area contributed by atoms with Crippen LogP contribution in [0.25, 0.3) is 5.57 Å². The van der Waals surface area contributed by atoms with E-state index in [1.165, 1.54) is 0 Å². The van der Waals surface area contributed by atoms with Crippen molar-refractivity contribution in [3.63, 3.8) is 0 Å². The Hall–Kier alpha value is -1.85. The summed E-state index contributed by atoms with van der Waals surface area (Å²) in [5, 5.41) is 10.2. The summed E-state index contributed by atoms with van der Waals surface area (Å²) in [7, 11) is 0. The quantitative estimate of drug-likeness (QED) is 0.905. The first kappa shape index (κ1) is 17.6. The zero-order chi connectivity index (χ0) is 18.0. The highest BCUT2D eigenvalue weighted by Crippen LogP contribution is 2.39. The van der Waals surface area contributed by atoms with Crippen molar-refractivity contribution in [2.45, 2.75) is 37.6 Å². The van der Waals surface area contributed by atoms with Gasteiger partial charge in [0.25, 0.3) is 0 Å². The minimum atomic E-state index is -0.342. The lowest BCUT2D eigenvalue weighted by Gasteiger charge is -2.45. The van der Waals surface area contributed by atoms with Crippen molar-refractivity contribution in [1.82, 2.24) is 9.80 Å². The van der Waals surface area contributed by atoms with Crippen LogP contribution in [0.3, 0.4) is 0 Å². The Bertz CT molecular complexity index is 688. The van der Waals surface area contributed by atoms with Gasteiger partial charge in [-0.2, -0.15) is 0 Å². The fraction of sp³-hybridized carbons (Fsp3) is 0.571. The average Bonchev–Trinajstić information content (AvgIpc) is 3.20. The number of phenolic OH excluding ortho intramolecular Hbond substituents is 1. The normalized spacial score (nSPS) is 23.7. The summed E-state index contributed by atoms with van der Waals surface area (Å²) < 4.78 is 5.51. The van der Waals surface area contributed by atoms with Crippen molar-refractivity contribution in [2.75, 3.05) is 39.4 Å². The first-order valence-electron chi connectivity index (χ1n) is 9.80. The van der Waals surface area contributed by atoms with Gasteiger partial charge in [-0.3, -0.25) is 9.69 Å². The van der Waals surface area contributed by atoms with Crippen LogP contribution >= 0.6 is 0 Å². The molecule has 2 heterocycles. The zero-order valence-corrected chi connectivity index (χ0v) is 15.3. The summed E-state index contributed by atoms with van der Waals surface area (Å²) in [5.74, 6) is 0.565. The van der Waals surface area contributed by atoms with Gasteiger partial charge in [-0.15, -0.1) is 0 Å². The van der Waals surface area contributed by atoms with E-state index in [0.717, 1.165) is 76.1 Å². The lowest BCUT2D eigenvalue weighted by molar-refractivity contribution is -0.147. The van der Waals surface area contributed by atoms with E-state index in [1.54, 1.807) is 6.07 Å². The Morgan fingerprint density at radius 3 is 2.54 bits per heavy atom. The van der Waals surface area contributed by atoms with Crippen molar-refractivity contribution in [3.8, 4) is 5.75 Å². The van der Waals surface area contributed by atoms with Crippen molar-refractivity contribution < 1.29 is 14.6 Å². The Balaban J connectivity index is 1.55. The summed E-state index contributed by atoms with van der Waals surface area (Å²) in [5.41, 5.74) is 1.56. The molecule has 0 atom stereocenters. The average molecular weight is 356 g/mol. The van der Waals surface area contributed by atoms with Gasteiger partial charge < -0.3 is 14.7 Å².